The van der Waals surface area contributed by atoms with Gasteiger partial charge >= 0.3 is 0 Å². The molecular weight excluding hydrogens is 202 g/mol. The summed E-state index contributed by atoms with van der Waals surface area (Å²) in [6.07, 6.45) is 1.19. The van der Waals surface area contributed by atoms with E-state index in [1.807, 2.05) is 25.2 Å². The zero-order valence-corrected chi connectivity index (χ0v) is 10.2. The third kappa shape index (κ3) is 1.92. The van der Waals surface area contributed by atoms with Crippen LogP contribution in [0.5, 0.6) is 0 Å². The fraction of sp³-hybridized carbons (Fsp3) is 0.385. The normalized spacial score (nSPS) is 14.3. The van der Waals surface area contributed by atoms with Gasteiger partial charge < -0.3 is 5.32 Å². The molecule has 0 fully saturated rings. The molecule has 0 spiro atoms. The Balaban J connectivity index is 0.000000404. The minimum Gasteiger partial charge on any atom is -0.312 e. The maximum atomic E-state index is 3.41. The first-order chi connectivity index (χ1) is 7.45. The number of hydrogen-bond acceptors (Lipinski definition) is 2. The van der Waals surface area contributed by atoms with Crippen LogP contribution >= 0.6 is 11.3 Å². The van der Waals surface area contributed by atoms with E-state index in [4.69, 9.17) is 0 Å². The van der Waals surface area contributed by atoms with E-state index in [1.54, 1.807) is 5.56 Å². The van der Waals surface area contributed by atoms with Crippen LogP contribution in [0.1, 0.15) is 24.3 Å². The van der Waals surface area contributed by atoms with E-state index in [0.29, 0.717) is 0 Å². The second-order valence-corrected chi connectivity index (χ2v) is 4.56. The quantitative estimate of drug-likeness (QED) is 0.714. The summed E-state index contributed by atoms with van der Waals surface area (Å²) in [4.78, 5) is 1.53. The van der Waals surface area contributed by atoms with Crippen LogP contribution in [0.25, 0.3) is 10.1 Å². The Morgan fingerprint density at radius 2 is 2.00 bits per heavy atom. The molecule has 0 bridgehead atoms. The highest BCUT2D eigenvalue weighted by atomic mass is 32.1. The van der Waals surface area contributed by atoms with Gasteiger partial charge in [-0.25, -0.2) is 0 Å². The molecule has 0 unspecified atom stereocenters. The molecule has 2 heterocycles. The number of hydrogen-bond donors (Lipinski definition) is 1. The molecule has 0 saturated carbocycles. The summed E-state index contributed by atoms with van der Waals surface area (Å²) < 4.78 is 1.44. The van der Waals surface area contributed by atoms with E-state index in [2.05, 4.69) is 29.6 Å². The lowest BCUT2D eigenvalue weighted by Gasteiger charge is -2.11. The third-order valence-corrected chi connectivity index (χ3v) is 3.83. The first kappa shape index (κ1) is 10.7. The fourth-order valence-electron chi connectivity index (χ4n) is 1.98. The summed E-state index contributed by atoms with van der Waals surface area (Å²) in [5.74, 6) is 0. The monoisotopic (exact) mass is 219 g/mol. The molecule has 0 radical (unpaired) electrons. The largest absolute Gasteiger partial charge is 0.312 e. The molecule has 1 aliphatic heterocycles. The Morgan fingerprint density at radius 3 is 2.87 bits per heavy atom. The highest BCUT2D eigenvalue weighted by molar-refractivity contribution is 7.19. The molecule has 1 aliphatic rings. The number of fused-ring (bicyclic) bond motifs is 3. The van der Waals surface area contributed by atoms with E-state index >= 15 is 0 Å². The summed E-state index contributed by atoms with van der Waals surface area (Å²) in [5.41, 5.74) is 1.58. The lowest BCUT2D eigenvalue weighted by molar-refractivity contribution is 0.657. The summed E-state index contributed by atoms with van der Waals surface area (Å²) in [7, 11) is 0. The van der Waals surface area contributed by atoms with Gasteiger partial charge in [-0.2, -0.15) is 0 Å². The predicted molar refractivity (Wildman–Crippen MR) is 68.6 cm³/mol. The lowest BCUT2D eigenvalue weighted by atomic mass is 10.1. The highest BCUT2D eigenvalue weighted by Crippen LogP contribution is 2.32. The predicted octanol–water partition coefficient (Wildman–Crippen LogP) is 3.57. The van der Waals surface area contributed by atoms with Crippen LogP contribution < -0.4 is 5.32 Å². The zero-order chi connectivity index (χ0) is 10.7. The zero-order valence-electron chi connectivity index (χ0n) is 9.34. The van der Waals surface area contributed by atoms with Gasteiger partial charge in [-0.15, -0.1) is 11.3 Å². The Bertz CT molecular complexity index is 445. The molecule has 0 saturated heterocycles. The van der Waals surface area contributed by atoms with Gasteiger partial charge in [-0.3, -0.25) is 0 Å². The Labute approximate surface area is 95.1 Å². The molecule has 0 amide bonds. The summed E-state index contributed by atoms with van der Waals surface area (Å²) in [6, 6.07) is 8.73. The van der Waals surface area contributed by atoms with Crippen molar-refractivity contribution in [3.05, 3.63) is 34.7 Å². The molecule has 80 valence electrons. The summed E-state index contributed by atoms with van der Waals surface area (Å²) in [5, 5.41) is 4.89. The van der Waals surface area contributed by atoms with Crippen molar-refractivity contribution in [2.75, 3.05) is 6.54 Å². The van der Waals surface area contributed by atoms with Gasteiger partial charge in [0.1, 0.15) is 0 Å². The van der Waals surface area contributed by atoms with Crippen LogP contribution in [0.15, 0.2) is 24.3 Å². The van der Waals surface area contributed by atoms with Crippen molar-refractivity contribution in [2.45, 2.75) is 26.8 Å². The smallest absolute Gasteiger partial charge is 0.0349 e. The van der Waals surface area contributed by atoms with Gasteiger partial charge in [0.25, 0.3) is 0 Å². The van der Waals surface area contributed by atoms with Crippen molar-refractivity contribution >= 4 is 21.4 Å². The van der Waals surface area contributed by atoms with Crippen LogP contribution in [0.4, 0.5) is 0 Å². The van der Waals surface area contributed by atoms with Crippen molar-refractivity contribution < 1.29 is 0 Å². The molecule has 0 atom stereocenters. The minimum atomic E-state index is 1.06. The summed E-state index contributed by atoms with van der Waals surface area (Å²) in [6.45, 7) is 6.20. The van der Waals surface area contributed by atoms with Crippen LogP contribution in [0.3, 0.4) is 0 Å². The van der Waals surface area contributed by atoms with Gasteiger partial charge in [0, 0.05) is 16.1 Å². The molecule has 1 nitrogen and oxygen atoms in total. The second kappa shape index (κ2) is 4.77. The molecule has 0 aliphatic carbocycles. The molecule has 3 rings (SSSR count). The highest BCUT2D eigenvalue weighted by Gasteiger charge is 2.14. The topological polar surface area (TPSA) is 12.0 Å². The maximum absolute atomic E-state index is 3.41. The summed E-state index contributed by atoms with van der Waals surface area (Å²) >= 11 is 1.94. The van der Waals surface area contributed by atoms with Crippen LogP contribution in [0, 0.1) is 0 Å². The standard InChI is InChI=1S/C11H11NS.C2H6/c1-2-4-10-8(3-1)9-5-6-12-7-11(9)13-10;1-2/h1-4,12H,5-7H2;1-2H3. The minimum absolute atomic E-state index is 1.06. The number of thiophene rings is 1. The Hall–Kier alpha value is -0.860. The molecule has 15 heavy (non-hydrogen) atoms. The lowest BCUT2D eigenvalue weighted by Crippen LogP contribution is -2.21. The molecule has 1 aromatic heterocycles. The fourth-order valence-corrected chi connectivity index (χ4v) is 3.20. The first-order valence-electron chi connectivity index (χ1n) is 5.65. The average molecular weight is 219 g/mol. The first-order valence-corrected chi connectivity index (χ1v) is 6.47. The molecule has 1 aromatic carbocycles. The Morgan fingerprint density at radius 1 is 1.20 bits per heavy atom. The van der Waals surface area contributed by atoms with Crippen LogP contribution in [0.2, 0.25) is 0 Å². The second-order valence-electron chi connectivity index (χ2n) is 3.43. The Kier molecular flexibility index (Phi) is 3.39. The van der Waals surface area contributed by atoms with E-state index in [1.165, 1.54) is 21.4 Å². The number of benzene rings is 1. The van der Waals surface area contributed by atoms with E-state index in [-0.39, 0.29) is 0 Å². The maximum Gasteiger partial charge on any atom is 0.0349 e. The van der Waals surface area contributed by atoms with Gasteiger partial charge in [0.15, 0.2) is 0 Å². The third-order valence-electron chi connectivity index (χ3n) is 2.62. The number of nitrogens with one attached hydrogen (secondary N) is 1. The van der Waals surface area contributed by atoms with E-state index in [9.17, 15) is 0 Å². The number of rotatable bonds is 0. The van der Waals surface area contributed by atoms with Crippen molar-refractivity contribution in [3.8, 4) is 0 Å². The van der Waals surface area contributed by atoms with Gasteiger partial charge in [-0.05, 0) is 30.0 Å². The SMILES string of the molecule is CC.c1ccc2c3c(sc2c1)CNCC3. The van der Waals surface area contributed by atoms with Crippen LogP contribution in [-0.2, 0) is 13.0 Å². The molecular formula is C13H17NS. The van der Waals surface area contributed by atoms with Crippen LogP contribution in [-0.4, -0.2) is 6.54 Å². The van der Waals surface area contributed by atoms with E-state index in [0.717, 1.165) is 13.1 Å². The molecule has 1 N–H and O–H groups in total. The molecule has 2 heteroatoms. The van der Waals surface area contributed by atoms with Crippen molar-refractivity contribution in [3.63, 3.8) is 0 Å². The molecule has 2 aromatic rings. The van der Waals surface area contributed by atoms with Gasteiger partial charge in [0.05, 0.1) is 0 Å². The van der Waals surface area contributed by atoms with Crippen molar-refractivity contribution in [2.24, 2.45) is 0 Å². The van der Waals surface area contributed by atoms with Crippen molar-refractivity contribution in [1.29, 1.82) is 0 Å². The van der Waals surface area contributed by atoms with E-state index < -0.39 is 0 Å². The average Bonchev–Trinajstić information content (AvgIpc) is 2.70. The van der Waals surface area contributed by atoms with Gasteiger partial charge in [-0.1, -0.05) is 32.0 Å². The van der Waals surface area contributed by atoms with Crippen molar-refractivity contribution in [1.82, 2.24) is 5.32 Å². The van der Waals surface area contributed by atoms with Gasteiger partial charge in [0.2, 0.25) is 0 Å².